The number of rotatable bonds is 7. The number of nitrogens with zero attached hydrogens (tertiary/aromatic N) is 2. The maximum atomic E-state index is 13.0. The van der Waals surface area contributed by atoms with Gasteiger partial charge in [-0.05, 0) is 116 Å². The molecule has 7 nitrogen and oxygen atoms in total. The van der Waals surface area contributed by atoms with E-state index in [0.717, 1.165) is 56.6 Å². The zero-order valence-electron chi connectivity index (χ0n) is 27.9. The molecule has 4 aliphatic carbocycles. The maximum absolute atomic E-state index is 13.0. The minimum absolute atomic E-state index is 0.191. The van der Waals surface area contributed by atoms with Crippen LogP contribution in [0.2, 0.25) is 0 Å². The highest BCUT2D eigenvalue weighted by Crippen LogP contribution is 2.69. The Morgan fingerprint density at radius 1 is 0.977 bits per heavy atom. The van der Waals surface area contributed by atoms with Crippen molar-refractivity contribution in [2.75, 3.05) is 44.8 Å². The predicted molar refractivity (Wildman–Crippen MR) is 174 cm³/mol. The molecule has 0 bridgehead atoms. The van der Waals surface area contributed by atoms with Gasteiger partial charge >= 0.3 is 6.09 Å². The molecule has 1 aliphatic heterocycles. The number of methoxy groups -OCH3 is 1. The Labute approximate surface area is 265 Å². The fourth-order valence-electron chi connectivity index (χ4n) is 11.6. The van der Waals surface area contributed by atoms with Gasteiger partial charge in [-0.1, -0.05) is 46.2 Å². The van der Waals surface area contributed by atoms with Crippen molar-refractivity contribution in [3.05, 3.63) is 24.3 Å². The molecule has 1 aromatic rings. The predicted octanol–water partition coefficient (Wildman–Crippen LogP) is 6.61. The first kappa shape index (κ1) is 32.0. The van der Waals surface area contributed by atoms with E-state index in [1.807, 2.05) is 23.1 Å². The third-order valence-corrected chi connectivity index (χ3v) is 13.9. The van der Waals surface area contributed by atoms with Crippen LogP contribution in [0, 0.1) is 52.3 Å². The largest absolute Gasteiger partial charge is 0.495 e. The molecule has 1 saturated heterocycles. The first-order valence-electron chi connectivity index (χ1n) is 17.8. The van der Waals surface area contributed by atoms with Gasteiger partial charge in [-0.3, -0.25) is 0 Å². The van der Waals surface area contributed by atoms with Gasteiger partial charge in [0.05, 0.1) is 31.6 Å². The van der Waals surface area contributed by atoms with E-state index >= 15 is 0 Å². The van der Waals surface area contributed by atoms with E-state index in [9.17, 15) is 15.0 Å². The van der Waals surface area contributed by atoms with E-state index in [4.69, 9.17) is 9.47 Å². The third kappa shape index (κ3) is 5.42. The van der Waals surface area contributed by atoms with Crippen LogP contribution >= 0.6 is 0 Å². The first-order valence-corrected chi connectivity index (χ1v) is 17.8. The van der Waals surface area contributed by atoms with Crippen molar-refractivity contribution < 1.29 is 24.5 Å². The van der Waals surface area contributed by atoms with Gasteiger partial charge in [0, 0.05) is 26.2 Å². The van der Waals surface area contributed by atoms with Crippen molar-refractivity contribution in [3.8, 4) is 5.75 Å². The standard InChI is InChI=1S/C37H58N2O5/c1-6-26-30-23-25(40)13-16-37(30,4)29-14-17-36(3)27(11-12-28(36)33(29)34(26)41)24(2)15-22-44-35(42)39-20-18-38(19-21-39)31-9-7-8-10-32(31)43-5/h7-10,24-30,33-34,40-41H,6,11-23H2,1-5H3/t24-,25-,26-,27-,28+,29+,30?,33-,34-,36?,37?/m1/s1. The average molecular weight is 611 g/mol. The van der Waals surface area contributed by atoms with Gasteiger partial charge in [0.1, 0.15) is 5.75 Å². The van der Waals surface area contributed by atoms with Gasteiger partial charge in [-0.2, -0.15) is 0 Å². The van der Waals surface area contributed by atoms with Crippen LogP contribution in [0.25, 0.3) is 0 Å². The highest BCUT2D eigenvalue weighted by atomic mass is 16.6. The number of benzene rings is 1. The van der Waals surface area contributed by atoms with Crippen LogP contribution in [0.4, 0.5) is 10.5 Å². The van der Waals surface area contributed by atoms with Crippen molar-refractivity contribution >= 4 is 11.8 Å². The summed E-state index contributed by atoms with van der Waals surface area (Å²) in [4.78, 5) is 17.1. The number of aliphatic hydroxyl groups excluding tert-OH is 2. The lowest BCUT2D eigenvalue weighted by Crippen LogP contribution is -2.62. The molecule has 7 heteroatoms. The number of hydrogen-bond acceptors (Lipinski definition) is 6. The number of carbonyl (C=O) groups excluding carboxylic acids is 1. The zero-order chi connectivity index (χ0) is 31.2. The molecule has 0 radical (unpaired) electrons. The molecular weight excluding hydrogens is 552 g/mol. The summed E-state index contributed by atoms with van der Waals surface area (Å²) < 4.78 is 11.4. The molecule has 0 spiro atoms. The summed E-state index contributed by atoms with van der Waals surface area (Å²) in [5.41, 5.74) is 1.55. The van der Waals surface area contributed by atoms with Crippen LogP contribution in [0.15, 0.2) is 24.3 Å². The number of anilines is 1. The van der Waals surface area contributed by atoms with Gasteiger partial charge in [0.2, 0.25) is 0 Å². The van der Waals surface area contributed by atoms with E-state index in [2.05, 4.69) is 38.7 Å². The van der Waals surface area contributed by atoms with Crippen molar-refractivity contribution in [2.24, 2.45) is 52.3 Å². The Morgan fingerprint density at radius 2 is 1.68 bits per heavy atom. The van der Waals surface area contributed by atoms with Crippen molar-refractivity contribution in [3.63, 3.8) is 0 Å². The SMILES string of the molecule is CC[C@@H]1C2C[C@H](O)CCC2(C)[C@H]2CCC3(C)[C@@H]([C@H](C)CCOC(=O)N4CCN(c5ccccc5OC)CC4)CC[C@H]3[C@H]2[C@@H]1O. The number of ether oxygens (including phenoxy) is 2. The molecular formula is C37H58N2O5. The van der Waals surface area contributed by atoms with E-state index in [1.165, 1.54) is 25.7 Å². The highest BCUT2D eigenvalue weighted by molar-refractivity contribution is 5.68. The van der Waals surface area contributed by atoms with Gasteiger partial charge < -0.3 is 29.5 Å². The van der Waals surface area contributed by atoms with Gasteiger partial charge in [0.15, 0.2) is 0 Å². The molecule has 1 amide bonds. The molecule has 44 heavy (non-hydrogen) atoms. The number of hydrogen-bond donors (Lipinski definition) is 2. The number of fused-ring (bicyclic) bond motifs is 5. The molecule has 11 atom stereocenters. The summed E-state index contributed by atoms with van der Waals surface area (Å²) in [7, 11) is 1.70. The minimum Gasteiger partial charge on any atom is -0.495 e. The molecule has 1 aromatic carbocycles. The fraction of sp³-hybridized carbons (Fsp3) is 0.811. The minimum atomic E-state index is -0.253. The lowest BCUT2D eigenvalue weighted by molar-refractivity contribution is -0.203. The Balaban J connectivity index is 1.03. The summed E-state index contributed by atoms with van der Waals surface area (Å²) in [5, 5.41) is 22.5. The van der Waals surface area contributed by atoms with Crippen molar-refractivity contribution in [1.82, 2.24) is 4.90 Å². The van der Waals surface area contributed by atoms with Crippen LogP contribution in [-0.4, -0.2) is 73.3 Å². The summed E-state index contributed by atoms with van der Waals surface area (Å²) >= 11 is 0. The number of piperazine rings is 1. The summed E-state index contributed by atoms with van der Waals surface area (Å²) in [5.74, 6) is 4.18. The Morgan fingerprint density at radius 3 is 2.41 bits per heavy atom. The van der Waals surface area contributed by atoms with Gasteiger partial charge in [0.25, 0.3) is 0 Å². The molecule has 0 aromatic heterocycles. The lowest BCUT2D eigenvalue weighted by atomic mass is 9.41. The van der Waals surface area contributed by atoms with Gasteiger partial charge in [-0.15, -0.1) is 0 Å². The Hall–Kier alpha value is -1.99. The van der Waals surface area contributed by atoms with Crippen LogP contribution in [0.5, 0.6) is 5.75 Å². The average Bonchev–Trinajstić information content (AvgIpc) is 3.39. The van der Waals surface area contributed by atoms with Crippen LogP contribution in [0.3, 0.4) is 0 Å². The quantitative estimate of drug-likeness (QED) is 0.362. The Bertz CT molecular complexity index is 1150. The van der Waals surface area contributed by atoms with Crippen molar-refractivity contribution in [1.29, 1.82) is 0 Å². The number of carbonyl (C=O) groups is 1. The second-order valence-corrected chi connectivity index (χ2v) is 15.6. The molecule has 6 rings (SSSR count). The summed E-state index contributed by atoms with van der Waals surface area (Å²) in [6, 6.07) is 8.06. The van der Waals surface area contributed by atoms with Crippen molar-refractivity contribution in [2.45, 2.75) is 97.7 Å². The second kappa shape index (κ2) is 12.7. The molecule has 5 aliphatic rings. The zero-order valence-corrected chi connectivity index (χ0v) is 27.9. The van der Waals surface area contributed by atoms with E-state index < -0.39 is 0 Å². The van der Waals surface area contributed by atoms with E-state index in [1.54, 1.807) is 7.11 Å². The second-order valence-electron chi connectivity index (χ2n) is 15.6. The number of aliphatic hydroxyl groups is 2. The maximum Gasteiger partial charge on any atom is 0.409 e. The number of para-hydroxylation sites is 2. The number of amides is 1. The normalized spacial score (nSPS) is 40.9. The molecule has 4 saturated carbocycles. The van der Waals surface area contributed by atoms with E-state index in [-0.39, 0.29) is 29.1 Å². The third-order valence-electron chi connectivity index (χ3n) is 13.9. The molecule has 3 unspecified atom stereocenters. The summed E-state index contributed by atoms with van der Waals surface area (Å²) in [6.45, 7) is 13.0. The van der Waals surface area contributed by atoms with Crippen LogP contribution in [-0.2, 0) is 4.74 Å². The lowest BCUT2D eigenvalue weighted by Gasteiger charge is -2.64. The molecule has 2 N–H and O–H groups in total. The fourth-order valence-corrected chi connectivity index (χ4v) is 11.6. The van der Waals surface area contributed by atoms with E-state index in [0.29, 0.717) is 61.1 Å². The summed E-state index contributed by atoms with van der Waals surface area (Å²) in [6.07, 6.45) is 9.00. The molecule has 5 fully saturated rings. The molecule has 246 valence electrons. The monoisotopic (exact) mass is 610 g/mol. The van der Waals surface area contributed by atoms with Gasteiger partial charge in [-0.25, -0.2) is 4.79 Å². The molecule has 1 heterocycles. The Kier molecular flexibility index (Phi) is 9.20. The first-order chi connectivity index (χ1) is 21.1. The van der Waals surface area contributed by atoms with Crippen LogP contribution < -0.4 is 9.64 Å². The highest BCUT2D eigenvalue weighted by Gasteiger charge is 2.64. The van der Waals surface area contributed by atoms with Crippen LogP contribution in [0.1, 0.15) is 85.5 Å². The smallest absolute Gasteiger partial charge is 0.409 e. The topological polar surface area (TPSA) is 82.5 Å².